The number of nitrogens with zero attached hydrogens (tertiary/aromatic N) is 2. The van der Waals surface area contributed by atoms with Gasteiger partial charge in [-0.05, 0) is 26.7 Å². The first kappa shape index (κ1) is 15.0. The molecule has 1 unspecified atom stereocenters. The van der Waals surface area contributed by atoms with Gasteiger partial charge in [-0.3, -0.25) is 0 Å². The Bertz CT molecular complexity index is 449. The molecule has 1 atom stereocenters. The molecule has 3 N–H and O–H groups in total. The van der Waals surface area contributed by atoms with Gasteiger partial charge in [-0.2, -0.15) is 0 Å². The van der Waals surface area contributed by atoms with Crippen molar-refractivity contribution in [3.63, 3.8) is 0 Å². The lowest BCUT2D eigenvalue weighted by Crippen LogP contribution is -2.30. The zero-order chi connectivity index (χ0) is 14.5. The van der Waals surface area contributed by atoms with Gasteiger partial charge in [0, 0.05) is 25.1 Å². The fraction of sp³-hybridized carbons (Fsp3) is 0.714. The van der Waals surface area contributed by atoms with Crippen LogP contribution >= 0.6 is 0 Å². The number of methoxy groups -OCH3 is 1. The third-order valence-electron chi connectivity index (χ3n) is 3.38. The van der Waals surface area contributed by atoms with E-state index in [0.29, 0.717) is 12.5 Å². The second kappa shape index (κ2) is 6.85. The Morgan fingerprint density at radius 2 is 2.05 bits per heavy atom. The minimum Gasteiger partial charge on any atom is -0.394 e. The predicted octanol–water partition coefficient (Wildman–Crippen LogP) is 1.51. The maximum Gasteiger partial charge on any atom is 0.136 e. The standard InChI is InChI=1S/C14H24N4O2/c1-4-15-12-9(2)13(16-11(7-19)8-20-3)18-14(17-12)10-5-6-10/h10-11,19H,4-8H2,1-3H3,(H2,15,16,17,18). The van der Waals surface area contributed by atoms with Crippen LogP contribution in [0.3, 0.4) is 0 Å². The molecule has 0 aliphatic heterocycles. The Hall–Kier alpha value is -1.40. The van der Waals surface area contributed by atoms with Crippen molar-refractivity contribution in [2.24, 2.45) is 0 Å². The Kier molecular flexibility index (Phi) is 5.14. The minimum atomic E-state index is -0.157. The third kappa shape index (κ3) is 3.58. The fourth-order valence-electron chi connectivity index (χ4n) is 2.07. The summed E-state index contributed by atoms with van der Waals surface area (Å²) < 4.78 is 5.09. The highest BCUT2D eigenvalue weighted by Crippen LogP contribution is 2.39. The van der Waals surface area contributed by atoms with Gasteiger partial charge in [0.05, 0.1) is 19.3 Å². The number of aliphatic hydroxyl groups is 1. The van der Waals surface area contributed by atoms with Gasteiger partial charge in [0.25, 0.3) is 0 Å². The minimum absolute atomic E-state index is 0.00653. The van der Waals surface area contributed by atoms with Crippen molar-refractivity contribution in [1.82, 2.24) is 9.97 Å². The Morgan fingerprint density at radius 3 is 2.60 bits per heavy atom. The van der Waals surface area contributed by atoms with Crippen LogP contribution in [0.5, 0.6) is 0 Å². The number of aliphatic hydroxyl groups excluding tert-OH is 1. The lowest BCUT2D eigenvalue weighted by atomic mass is 10.2. The molecule has 0 spiro atoms. The van der Waals surface area contributed by atoms with Crippen molar-refractivity contribution in [3.8, 4) is 0 Å². The molecule has 1 aliphatic rings. The molecule has 0 aromatic carbocycles. The highest BCUT2D eigenvalue weighted by atomic mass is 16.5. The van der Waals surface area contributed by atoms with E-state index in [2.05, 4.69) is 20.6 Å². The van der Waals surface area contributed by atoms with E-state index in [4.69, 9.17) is 4.74 Å². The summed E-state index contributed by atoms with van der Waals surface area (Å²) in [7, 11) is 1.62. The summed E-state index contributed by atoms with van der Waals surface area (Å²) in [5.41, 5.74) is 0.978. The summed E-state index contributed by atoms with van der Waals surface area (Å²) in [5, 5.41) is 15.9. The summed E-state index contributed by atoms with van der Waals surface area (Å²) in [6.45, 7) is 5.30. The Balaban J connectivity index is 2.24. The van der Waals surface area contributed by atoms with Gasteiger partial charge < -0.3 is 20.5 Å². The van der Waals surface area contributed by atoms with E-state index in [9.17, 15) is 5.11 Å². The molecule has 6 nitrogen and oxygen atoms in total. The molecule has 0 bridgehead atoms. The van der Waals surface area contributed by atoms with Crippen LogP contribution < -0.4 is 10.6 Å². The Labute approximate surface area is 120 Å². The van der Waals surface area contributed by atoms with Gasteiger partial charge in [-0.1, -0.05) is 0 Å². The number of anilines is 2. The number of hydrogen-bond acceptors (Lipinski definition) is 6. The second-order valence-corrected chi connectivity index (χ2v) is 5.19. The predicted molar refractivity (Wildman–Crippen MR) is 79.3 cm³/mol. The van der Waals surface area contributed by atoms with Gasteiger partial charge in [0.15, 0.2) is 0 Å². The van der Waals surface area contributed by atoms with Crippen LogP contribution in [0.2, 0.25) is 0 Å². The third-order valence-corrected chi connectivity index (χ3v) is 3.38. The highest BCUT2D eigenvalue weighted by molar-refractivity contribution is 5.58. The number of aromatic nitrogens is 2. The van der Waals surface area contributed by atoms with Crippen LogP contribution in [0.4, 0.5) is 11.6 Å². The van der Waals surface area contributed by atoms with Gasteiger partial charge in [-0.15, -0.1) is 0 Å². The van der Waals surface area contributed by atoms with E-state index in [1.165, 1.54) is 0 Å². The van der Waals surface area contributed by atoms with Crippen molar-refractivity contribution < 1.29 is 9.84 Å². The van der Waals surface area contributed by atoms with Crippen LogP contribution in [0.1, 0.15) is 37.1 Å². The summed E-state index contributed by atoms with van der Waals surface area (Å²) in [5.74, 6) is 3.04. The van der Waals surface area contributed by atoms with Crippen LogP contribution in [-0.2, 0) is 4.74 Å². The molecule has 1 aromatic heterocycles. The van der Waals surface area contributed by atoms with Crippen molar-refractivity contribution in [2.75, 3.05) is 37.5 Å². The summed E-state index contributed by atoms with van der Waals surface area (Å²) in [6, 6.07) is -0.157. The highest BCUT2D eigenvalue weighted by Gasteiger charge is 2.28. The lowest BCUT2D eigenvalue weighted by Gasteiger charge is -2.19. The number of nitrogens with one attached hydrogen (secondary N) is 2. The zero-order valence-corrected chi connectivity index (χ0v) is 12.4. The second-order valence-electron chi connectivity index (χ2n) is 5.19. The topological polar surface area (TPSA) is 79.3 Å². The summed E-state index contributed by atoms with van der Waals surface area (Å²) in [6.07, 6.45) is 2.32. The van der Waals surface area contributed by atoms with Crippen LogP contribution in [0.15, 0.2) is 0 Å². The normalized spacial score (nSPS) is 16.0. The molecule has 0 amide bonds. The van der Waals surface area contributed by atoms with E-state index >= 15 is 0 Å². The maximum atomic E-state index is 9.37. The maximum absolute atomic E-state index is 9.37. The molecule has 112 valence electrons. The smallest absolute Gasteiger partial charge is 0.136 e. The molecule has 1 aromatic rings. The Morgan fingerprint density at radius 1 is 1.35 bits per heavy atom. The first-order valence-electron chi connectivity index (χ1n) is 7.18. The van der Waals surface area contributed by atoms with Gasteiger partial charge in [-0.25, -0.2) is 9.97 Å². The molecule has 1 fully saturated rings. The van der Waals surface area contributed by atoms with E-state index in [0.717, 1.165) is 42.4 Å². The monoisotopic (exact) mass is 280 g/mol. The molecular weight excluding hydrogens is 256 g/mol. The molecular formula is C14H24N4O2. The molecule has 2 rings (SSSR count). The first-order valence-corrected chi connectivity index (χ1v) is 7.18. The van der Waals surface area contributed by atoms with Gasteiger partial charge in [0.2, 0.25) is 0 Å². The molecule has 6 heteroatoms. The molecule has 1 heterocycles. The average Bonchev–Trinajstić information content (AvgIpc) is 3.27. The molecule has 0 radical (unpaired) electrons. The van der Waals surface area contributed by atoms with E-state index in [1.807, 2.05) is 13.8 Å². The molecule has 1 saturated carbocycles. The van der Waals surface area contributed by atoms with Crippen LogP contribution in [0, 0.1) is 6.92 Å². The van der Waals surface area contributed by atoms with Gasteiger partial charge in [0.1, 0.15) is 17.5 Å². The van der Waals surface area contributed by atoms with Crippen molar-refractivity contribution >= 4 is 11.6 Å². The van der Waals surface area contributed by atoms with Gasteiger partial charge >= 0.3 is 0 Å². The number of rotatable bonds is 8. The summed E-state index contributed by atoms with van der Waals surface area (Å²) >= 11 is 0. The fourth-order valence-corrected chi connectivity index (χ4v) is 2.07. The SMILES string of the molecule is CCNc1nc(C2CC2)nc(NC(CO)COC)c1C. The molecule has 1 aliphatic carbocycles. The molecule has 20 heavy (non-hydrogen) atoms. The van der Waals surface area contributed by atoms with E-state index < -0.39 is 0 Å². The zero-order valence-electron chi connectivity index (χ0n) is 12.4. The van der Waals surface area contributed by atoms with Crippen molar-refractivity contribution in [2.45, 2.75) is 38.6 Å². The quantitative estimate of drug-likeness (QED) is 0.670. The number of ether oxygens (including phenoxy) is 1. The average molecular weight is 280 g/mol. The van der Waals surface area contributed by atoms with Crippen LogP contribution in [-0.4, -0.2) is 48.0 Å². The van der Waals surface area contributed by atoms with Crippen molar-refractivity contribution in [3.05, 3.63) is 11.4 Å². The van der Waals surface area contributed by atoms with E-state index in [-0.39, 0.29) is 12.6 Å². The van der Waals surface area contributed by atoms with E-state index in [1.54, 1.807) is 7.11 Å². The molecule has 0 saturated heterocycles. The first-order chi connectivity index (χ1) is 9.69. The number of hydrogen-bond donors (Lipinski definition) is 3. The largest absolute Gasteiger partial charge is 0.394 e. The van der Waals surface area contributed by atoms with Crippen molar-refractivity contribution in [1.29, 1.82) is 0 Å². The summed E-state index contributed by atoms with van der Waals surface area (Å²) in [4.78, 5) is 9.23. The van der Waals surface area contributed by atoms with Crippen LogP contribution in [0.25, 0.3) is 0 Å². The lowest BCUT2D eigenvalue weighted by molar-refractivity contribution is 0.153.